The molecule has 0 aromatic heterocycles. The van der Waals surface area contributed by atoms with E-state index in [1.165, 1.54) is 19.8 Å². The fourth-order valence-corrected chi connectivity index (χ4v) is 3.02. The number of benzene rings is 1. The van der Waals surface area contributed by atoms with Crippen LogP contribution < -0.4 is 10.6 Å². The molecule has 1 atom stereocenters. The Morgan fingerprint density at radius 3 is 2.26 bits per heavy atom. The average molecular weight is 317 g/mol. The van der Waals surface area contributed by atoms with Crippen LogP contribution in [0.1, 0.15) is 44.0 Å². The third-order valence-corrected chi connectivity index (χ3v) is 4.40. The van der Waals surface area contributed by atoms with Gasteiger partial charge in [0.05, 0.1) is 0 Å². The highest BCUT2D eigenvalue weighted by atomic mass is 16.2. The molecule has 1 fully saturated rings. The number of hydrogen-bond acceptors (Lipinski definition) is 3. The van der Waals surface area contributed by atoms with Crippen LogP contribution in [-0.4, -0.2) is 42.4 Å². The van der Waals surface area contributed by atoms with E-state index in [-0.39, 0.29) is 11.8 Å². The SMILES string of the molecule is CC(=O)c1ccc(NC(=O)NC[C@@H](C(C)C)N2CCCC2)cc1. The second-order valence-electron chi connectivity index (χ2n) is 6.52. The van der Waals surface area contributed by atoms with E-state index in [1.807, 2.05) is 0 Å². The van der Waals surface area contributed by atoms with Gasteiger partial charge < -0.3 is 10.6 Å². The number of urea groups is 1. The van der Waals surface area contributed by atoms with Crippen LogP contribution in [0.3, 0.4) is 0 Å². The summed E-state index contributed by atoms with van der Waals surface area (Å²) in [6.45, 7) is 8.82. The summed E-state index contributed by atoms with van der Waals surface area (Å²) in [7, 11) is 0. The highest BCUT2D eigenvalue weighted by Crippen LogP contribution is 2.17. The van der Waals surface area contributed by atoms with Crippen molar-refractivity contribution in [1.29, 1.82) is 0 Å². The summed E-state index contributed by atoms with van der Waals surface area (Å²) in [4.78, 5) is 25.8. The maximum absolute atomic E-state index is 12.1. The molecule has 0 spiro atoms. The van der Waals surface area contributed by atoms with Crippen molar-refractivity contribution in [1.82, 2.24) is 10.2 Å². The quantitative estimate of drug-likeness (QED) is 0.792. The highest BCUT2D eigenvalue weighted by Gasteiger charge is 2.24. The molecule has 1 heterocycles. The van der Waals surface area contributed by atoms with E-state index in [0.29, 0.717) is 29.8 Å². The van der Waals surface area contributed by atoms with E-state index in [0.717, 1.165) is 13.1 Å². The number of nitrogens with one attached hydrogen (secondary N) is 2. The lowest BCUT2D eigenvalue weighted by Crippen LogP contribution is -2.46. The van der Waals surface area contributed by atoms with Gasteiger partial charge in [-0.25, -0.2) is 4.79 Å². The van der Waals surface area contributed by atoms with Crippen molar-refractivity contribution in [2.45, 2.75) is 39.7 Å². The Kier molecular flexibility index (Phi) is 6.16. The van der Waals surface area contributed by atoms with Gasteiger partial charge in [0.15, 0.2) is 5.78 Å². The molecule has 1 saturated heterocycles. The number of Topliss-reactive ketones (excluding diaryl/α,β-unsaturated/α-hetero) is 1. The van der Waals surface area contributed by atoms with Crippen molar-refractivity contribution in [2.24, 2.45) is 5.92 Å². The first-order valence-electron chi connectivity index (χ1n) is 8.37. The van der Waals surface area contributed by atoms with Crippen LogP contribution in [-0.2, 0) is 0 Å². The Hall–Kier alpha value is -1.88. The molecule has 126 valence electrons. The van der Waals surface area contributed by atoms with Gasteiger partial charge in [0, 0.05) is 23.8 Å². The number of likely N-dealkylation sites (tertiary alicyclic amines) is 1. The Bertz CT molecular complexity index is 534. The van der Waals surface area contributed by atoms with Crippen LogP contribution in [0.5, 0.6) is 0 Å². The van der Waals surface area contributed by atoms with Crippen LogP contribution in [0.4, 0.5) is 10.5 Å². The summed E-state index contributed by atoms with van der Waals surface area (Å²) in [6.07, 6.45) is 2.50. The maximum Gasteiger partial charge on any atom is 0.319 e. The van der Waals surface area contributed by atoms with Gasteiger partial charge in [-0.2, -0.15) is 0 Å². The highest BCUT2D eigenvalue weighted by molar-refractivity contribution is 5.95. The smallest absolute Gasteiger partial charge is 0.319 e. The average Bonchev–Trinajstić information content (AvgIpc) is 3.01. The number of amides is 2. The Balaban J connectivity index is 1.84. The number of rotatable bonds is 6. The fraction of sp³-hybridized carbons (Fsp3) is 0.556. The van der Waals surface area contributed by atoms with E-state index in [1.54, 1.807) is 24.3 Å². The summed E-state index contributed by atoms with van der Waals surface area (Å²) >= 11 is 0. The maximum atomic E-state index is 12.1. The minimum absolute atomic E-state index is 0.0198. The van der Waals surface area contributed by atoms with Crippen molar-refractivity contribution >= 4 is 17.5 Å². The first-order valence-corrected chi connectivity index (χ1v) is 8.37. The number of hydrogen-bond donors (Lipinski definition) is 2. The Morgan fingerprint density at radius 2 is 1.74 bits per heavy atom. The largest absolute Gasteiger partial charge is 0.336 e. The van der Waals surface area contributed by atoms with E-state index < -0.39 is 0 Å². The molecule has 0 aliphatic carbocycles. The first-order chi connectivity index (χ1) is 11.0. The number of ketones is 1. The van der Waals surface area contributed by atoms with Crippen LogP contribution >= 0.6 is 0 Å². The topological polar surface area (TPSA) is 61.4 Å². The third kappa shape index (κ3) is 5.06. The molecule has 1 aliphatic heterocycles. The molecule has 0 saturated carbocycles. The molecule has 2 amide bonds. The van der Waals surface area contributed by atoms with E-state index in [2.05, 4.69) is 29.4 Å². The molecule has 5 heteroatoms. The molecule has 0 unspecified atom stereocenters. The standard InChI is InChI=1S/C18H27N3O2/c1-13(2)17(21-10-4-5-11-21)12-19-18(23)20-16-8-6-15(7-9-16)14(3)22/h6-9,13,17H,4-5,10-12H2,1-3H3,(H2,19,20,23)/t17-/m0/s1. The molecule has 0 bridgehead atoms. The van der Waals surface area contributed by atoms with Gasteiger partial charge in [-0.05, 0) is 63.0 Å². The molecule has 0 radical (unpaired) electrons. The normalized spacial score (nSPS) is 16.3. The van der Waals surface area contributed by atoms with E-state index in [9.17, 15) is 9.59 Å². The van der Waals surface area contributed by atoms with Crippen molar-refractivity contribution in [3.8, 4) is 0 Å². The van der Waals surface area contributed by atoms with Crippen molar-refractivity contribution in [3.63, 3.8) is 0 Å². The lowest BCUT2D eigenvalue weighted by atomic mass is 10.0. The molecule has 5 nitrogen and oxygen atoms in total. The van der Waals surface area contributed by atoms with Gasteiger partial charge in [0.2, 0.25) is 0 Å². The van der Waals surface area contributed by atoms with Crippen LogP contribution in [0, 0.1) is 5.92 Å². The van der Waals surface area contributed by atoms with Gasteiger partial charge in [0.1, 0.15) is 0 Å². The molecule has 1 aromatic carbocycles. The molecule has 2 N–H and O–H groups in total. The van der Waals surface area contributed by atoms with Crippen LogP contribution in [0.15, 0.2) is 24.3 Å². The van der Waals surface area contributed by atoms with Gasteiger partial charge in [-0.15, -0.1) is 0 Å². The molecule has 1 aromatic rings. The molecular weight excluding hydrogens is 290 g/mol. The van der Waals surface area contributed by atoms with Crippen molar-refractivity contribution < 1.29 is 9.59 Å². The Labute approximate surface area is 138 Å². The predicted molar refractivity (Wildman–Crippen MR) is 92.9 cm³/mol. The van der Waals surface area contributed by atoms with Gasteiger partial charge in [-0.3, -0.25) is 9.69 Å². The van der Waals surface area contributed by atoms with E-state index >= 15 is 0 Å². The third-order valence-electron chi connectivity index (χ3n) is 4.40. The zero-order chi connectivity index (χ0) is 16.8. The second kappa shape index (κ2) is 8.11. The second-order valence-corrected chi connectivity index (χ2v) is 6.52. The zero-order valence-electron chi connectivity index (χ0n) is 14.3. The summed E-state index contributed by atoms with van der Waals surface area (Å²) in [6, 6.07) is 7.11. The molecule has 1 aliphatic rings. The number of carbonyl (C=O) groups is 2. The zero-order valence-corrected chi connectivity index (χ0v) is 14.3. The Morgan fingerprint density at radius 1 is 1.13 bits per heavy atom. The number of carbonyl (C=O) groups excluding carboxylic acids is 2. The summed E-state index contributed by atoms with van der Waals surface area (Å²) < 4.78 is 0. The number of nitrogens with zero attached hydrogens (tertiary/aromatic N) is 1. The first kappa shape index (κ1) is 17.5. The van der Waals surface area contributed by atoms with Gasteiger partial charge >= 0.3 is 6.03 Å². The van der Waals surface area contributed by atoms with Gasteiger partial charge in [0.25, 0.3) is 0 Å². The van der Waals surface area contributed by atoms with Crippen LogP contribution in [0.2, 0.25) is 0 Å². The lowest BCUT2D eigenvalue weighted by molar-refractivity contribution is 0.101. The molecule has 2 rings (SSSR count). The monoisotopic (exact) mass is 317 g/mol. The minimum Gasteiger partial charge on any atom is -0.336 e. The van der Waals surface area contributed by atoms with Crippen LogP contribution in [0.25, 0.3) is 0 Å². The van der Waals surface area contributed by atoms with Gasteiger partial charge in [-0.1, -0.05) is 13.8 Å². The summed E-state index contributed by atoms with van der Waals surface area (Å²) in [5.74, 6) is 0.523. The van der Waals surface area contributed by atoms with E-state index in [4.69, 9.17) is 0 Å². The minimum atomic E-state index is -0.203. The lowest BCUT2D eigenvalue weighted by Gasteiger charge is -2.31. The fourth-order valence-electron chi connectivity index (χ4n) is 3.02. The summed E-state index contributed by atoms with van der Waals surface area (Å²) in [5, 5.41) is 5.78. The predicted octanol–water partition coefficient (Wildman–Crippen LogP) is 3.13. The molecule has 23 heavy (non-hydrogen) atoms. The number of anilines is 1. The summed E-state index contributed by atoms with van der Waals surface area (Å²) in [5.41, 5.74) is 1.33. The van der Waals surface area contributed by atoms with Crippen molar-refractivity contribution in [3.05, 3.63) is 29.8 Å². The van der Waals surface area contributed by atoms with Crippen molar-refractivity contribution in [2.75, 3.05) is 25.0 Å². The molecular formula is C18H27N3O2.